The lowest BCUT2D eigenvalue weighted by atomic mass is 10.3. The topological polar surface area (TPSA) is 95.9 Å². The van der Waals surface area contributed by atoms with Crippen molar-refractivity contribution < 1.29 is 24.5 Å². The summed E-state index contributed by atoms with van der Waals surface area (Å²) in [7, 11) is 0. The first-order chi connectivity index (χ1) is 10.7. The first-order valence-corrected chi connectivity index (χ1v) is 7.79. The number of carboxylic acid groups (broad SMARTS) is 2. The molecule has 1 atom stereocenters. The molecule has 0 heterocycles. The molecular weight excluding hydrogens is 369 g/mol. The molecule has 0 aliphatic rings. The molecule has 1 aromatic rings. The Bertz CT molecular complexity index is 504. The molecule has 3 N–H and O–H groups in total. The van der Waals surface area contributed by atoms with Gasteiger partial charge in [0.05, 0.1) is 10.0 Å². The minimum atomic E-state index is -1.82. The highest BCUT2D eigenvalue weighted by atomic mass is 35.5. The first kappa shape index (κ1) is 21.8. The molecule has 0 spiro atoms. The van der Waals surface area contributed by atoms with Gasteiger partial charge in [-0.15, -0.1) is 0 Å². The number of benzene rings is 1. The van der Waals surface area contributed by atoms with E-state index in [4.69, 9.17) is 59.3 Å². The van der Waals surface area contributed by atoms with E-state index in [0.717, 1.165) is 13.0 Å². The van der Waals surface area contributed by atoms with Gasteiger partial charge in [0.25, 0.3) is 0 Å². The lowest BCUT2D eigenvalue weighted by molar-refractivity contribution is -0.159. The maximum atomic E-state index is 9.10. The van der Waals surface area contributed by atoms with E-state index in [2.05, 4.69) is 19.2 Å². The Morgan fingerprint density at radius 3 is 2.04 bits per heavy atom. The van der Waals surface area contributed by atoms with E-state index in [1.54, 1.807) is 12.1 Å². The fourth-order valence-electron chi connectivity index (χ4n) is 1.27. The number of rotatable bonds is 6. The molecule has 0 aliphatic heterocycles. The Kier molecular flexibility index (Phi) is 10.7. The van der Waals surface area contributed by atoms with Crippen LogP contribution < -0.4 is 10.1 Å². The van der Waals surface area contributed by atoms with E-state index in [-0.39, 0.29) is 0 Å². The van der Waals surface area contributed by atoms with E-state index in [1.807, 2.05) is 0 Å². The average molecular weight is 387 g/mol. The molecule has 0 saturated carbocycles. The van der Waals surface area contributed by atoms with Crippen LogP contribution in [0.15, 0.2) is 12.1 Å². The smallest absolute Gasteiger partial charge is 0.414 e. The largest absolute Gasteiger partial charge is 0.489 e. The van der Waals surface area contributed by atoms with Gasteiger partial charge in [0, 0.05) is 17.6 Å². The molecule has 0 bridgehead atoms. The fourth-order valence-corrected chi connectivity index (χ4v) is 2.20. The molecule has 1 unspecified atom stereocenters. The summed E-state index contributed by atoms with van der Waals surface area (Å²) in [6, 6.07) is 3.72. The van der Waals surface area contributed by atoms with Crippen molar-refractivity contribution in [3.63, 3.8) is 0 Å². The zero-order valence-corrected chi connectivity index (χ0v) is 14.9. The van der Waals surface area contributed by atoms with E-state index < -0.39 is 11.9 Å². The molecule has 0 amide bonds. The number of halogens is 3. The van der Waals surface area contributed by atoms with Crippen LogP contribution in [0.4, 0.5) is 0 Å². The van der Waals surface area contributed by atoms with Gasteiger partial charge in [-0.2, -0.15) is 0 Å². The summed E-state index contributed by atoms with van der Waals surface area (Å²) in [6.45, 7) is 5.53. The molecule has 6 nitrogen and oxygen atoms in total. The summed E-state index contributed by atoms with van der Waals surface area (Å²) in [5, 5.41) is 19.5. The van der Waals surface area contributed by atoms with Gasteiger partial charge in [-0.3, -0.25) is 0 Å². The van der Waals surface area contributed by atoms with Crippen LogP contribution in [-0.4, -0.2) is 41.3 Å². The van der Waals surface area contributed by atoms with Gasteiger partial charge in [-0.25, -0.2) is 9.59 Å². The van der Waals surface area contributed by atoms with Crippen LogP contribution in [0.3, 0.4) is 0 Å². The Balaban J connectivity index is 0.000000688. The lowest BCUT2D eigenvalue weighted by Crippen LogP contribution is -2.29. The van der Waals surface area contributed by atoms with Crippen molar-refractivity contribution in [2.45, 2.75) is 26.3 Å². The summed E-state index contributed by atoms with van der Waals surface area (Å²) in [5.41, 5.74) is 0. The quantitative estimate of drug-likeness (QED) is 0.511. The molecule has 130 valence electrons. The predicted molar refractivity (Wildman–Crippen MR) is 90.0 cm³/mol. The number of carbonyl (C=O) groups is 2. The van der Waals surface area contributed by atoms with Crippen LogP contribution >= 0.6 is 34.8 Å². The number of hydrogen-bond donors (Lipinski definition) is 3. The van der Waals surface area contributed by atoms with E-state index in [1.165, 1.54) is 0 Å². The standard InChI is InChI=1S/C12H16Cl3NO.C2H2O4/c1-3-8(2)16-4-5-17-12-10(14)6-9(13)7-11(12)15;3-1(4)2(5)6/h6-8,16H,3-5H2,1-2H3;(H,3,4)(H,5,6). The van der Waals surface area contributed by atoms with Gasteiger partial charge in [-0.05, 0) is 25.5 Å². The van der Waals surface area contributed by atoms with Crippen molar-refractivity contribution in [3.8, 4) is 5.75 Å². The highest BCUT2D eigenvalue weighted by Crippen LogP contribution is 2.35. The lowest BCUT2D eigenvalue weighted by Gasteiger charge is -2.13. The van der Waals surface area contributed by atoms with Crippen molar-refractivity contribution in [1.29, 1.82) is 0 Å². The molecule has 1 rings (SSSR count). The SMILES string of the molecule is CCC(C)NCCOc1c(Cl)cc(Cl)cc1Cl.O=C(O)C(=O)O. The molecule has 0 fully saturated rings. The Labute approximate surface area is 149 Å². The molecule has 9 heteroatoms. The van der Waals surface area contributed by atoms with Crippen molar-refractivity contribution in [3.05, 3.63) is 27.2 Å². The molecule has 0 saturated heterocycles. The van der Waals surface area contributed by atoms with Crippen LogP contribution in [0.1, 0.15) is 20.3 Å². The minimum Gasteiger partial charge on any atom is -0.489 e. The van der Waals surface area contributed by atoms with Crippen LogP contribution in [0.25, 0.3) is 0 Å². The van der Waals surface area contributed by atoms with Crippen molar-refractivity contribution >= 4 is 46.7 Å². The highest BCUT2D eigenvalue weighted by Gasteiger charge is 2.09. The minimum absolute atomic E-state index is 0.436. The van der Waals surface area contributed by atoms with E-state index in [0.29, 0.717) is 33.5 Å². The second-order valence-corrected chi connectivity index (χ2v) is 5.67. The van der Waals surface area contributed by atoms with Gasteiger partial charge >= 0.3 is 11.9 Å². The highest BCUT2D eigenvalue weighted by molar-refractivity contribution is 6.40. The molecule has 0 radical (unpaired) electrons. The van der Waals surface area contributed by atoms with E-state index in [9.17, 15) is 0 Å². The number of hydrogen-bond acceptors (Lipinski definition) is 4. The van der Waals surface area contributed by atoms with Gasteiger partial charge in [0.1, 0.15) is 6.61 Å². The number of carboxylic acids is 2. The molecule has 0 aromatic heterocycles. The van der Waals surface area contributed by atoms with Crippen molar-refractivity contribution in [1.82, 2.24) is 5.32 Å². The second kappa shape index (κ2) is 11.3. The fraction of sp³-hybridized carbons (Fsp3) is 0.429. The third kappa shape index (κ3) is 9.50. The van der Waals surface area contributed by atoms with Crippen molar-refractivity contribution in [2.75, 3.05) is 13.2 Å². The summed E-state index contributed by atoms with van der Waals surface area (Å²) >= 11 is 17.8. The third-order valence-electron chi connectivity index (χ3n) is 2.60. The van der Waals surface area contributed by atoms with Crippen LogP contribution in [0.5, 0.6) is 5.75 Å². The summed E-state index contributed by atoms with van der Waals surface area (Å²) < 4.78 is 5.53. The van der Waals surface area contributed by atoms with E-state index >= 15 is 0 Å². The van der Waals surface area contributed by atoms with Gasteiger partial charge in [0.15, 0.2) is 5.75 Å². The monoisotopic (exact) mass is 385 g/mol. The van der Waals surface area contributed by atoms with Crippen molar-refractivity contribution in [2.24, 2.45) is 0 Å². The molecule has 23 heavy (non-hydrogen) atoms. The third-order valence-corrected chi connectivity index (χ3v) is 3.38. The van der Waals surface area contributed by atoms with Gasteiger partial charge < -0.3 is 20.3 Å². The summed E-state index contributed by atoms with van der Waals surface area (Å²) in [4.78, 5) is 18.2. The number of aliphatic carboxylic acids is 2. The Morgan fingerprint density at radius 2 is 1.65 bits per heavy atom. The summed E-state index contributed by atoms with van der Waals surface area (Å²) in [5.74, 6) is -3.16. The van der Waals surface area contributed by atoms with Crippen LogP contribution in [-0.2, 0) is 9.59 Å². The molecule has 0 aliphatic carbocycles. The number of nitrogens with one attached hydrogen (secondary N) is 1. The normalized spacial score (nSPS) is 11.2. The predicted octanol–water partition coefficient (Wildman–Crippen LogP) is 3.57. The van der Waals surface area contributed by atoms with Gasteiger partial charge in [0.2, 0.25) is 0 Å². The average Bonchev–Trinajstić information content (AvgIpc) is 2.45. The zero-order valence-electron chi connectivity index (χ0n) is 12.6. The Morgan fingerprint density at radius 1 is 1.17 bits per heavy atom. The second-order valence-electron chi connectivity index (χ2n) is 4.42. The van der Waals surface area contributed by atoms with Gasteiger partial charge in [-0.1, -0.05) is 41.7 Å². The first-order valence-electron chi connectivity index (χ1n) is 6.65. The maximum absolute atomic E-state index is 9.10. The molecule has 1 aromatic carbocycles. The van der Waals surface area contributed by atoms with Crippen LogP contribution in [0.2, 0.25) is 15.1 Å². The maximum Gasteiger partial charge on any atom is 0.414 e. The number of ether oxygens (including phenoxy) is 1. The zero-order chi connectivity index (χ0) is 18.0. The van der Waals surface area contributed by atoms with Crippen LogP contribution in [0, 0.1) is 0 Å². The summed E-state index contributed by atoms with van der Waals surface area (Å²) in [6.07, 6.45) is 1.09. The Hall–Kier alpha value is -1.21. The molecular formula is C14H18Cl3NO5.